The fourth-order valence-corrected chi connectivity index (χ4v) is 5.33. The Morgan fingerprint density at radius 1 is 1.25 bits per heavy atom. The van der Waals surface area contributed by atoms with Crippen LogP contribution in [-0.2, 0) is 9.84 Å². The summed E-state index contributed by atoms with van der Waals surface area (Å²) in [6.45, 7) is 1.89. The normalized spacial score (nSPS) is 22.0. The third kappa shape index (κ3) is 4.33. The summed E-state index contributed by atoms with van der Waals surface area (Å²) in [5.41, 5.74) is 1.86. The first-order valence-corrected chi connectivity index (χ1v) is 11.6. The Kier molecular flexibility index (Phi) is 5.09. The van der Waals surface area contributed by atoms with E-state index < -0.39 is 9.84 Å². The molecule has 1 saturated heterocycles. The molecule has 0 bridgehead atoms. The zero-order chi connectivity index (χ0) is 19.9. The van der Waals surface area contributed by atoms with Gasteiger partial charge in [-0.05, 0) is 43.9 Å². The van der Waals surface area contributed by atoms with Crippen LogP contribution < -0.4 is 10.6 Å². The van der Waals surface area contributed by atoms with Gasteiger partial charge in [0.1, 0.15) is 5.82 Å². The van der Waals surface area contributed by atoms with Crippen molar-refractivity contribution in [1.29, 1.82) is 0 Å². The lowest BCUT2D eigenvalue weighted by Crippen LogP contribution is -2.32. The molecule has 1 aromatic carbocycles. The molecule has 0 radical (unpaired) electrons. The number of hydrogen-bond donors (Lipinski definition) is 2. The Bertz CT molecular complexity index is 983. The summed E-state index contributed by atoms with van der Waals surface area (Å²) in [5.74, 6) is 1.19. The maximum atomic E-state index is 12.5. The second kappa shape index (κ2) is 7.40. The van der Waals surface area contributed by atoms with Gasteiger partial charge in [-0.25, -0.2) is 17.9 Å². The molecule has 150 valence electrons. The zero-order valence-corrected chi connectivity index (χ0v) is 17.1. The van der Waals surface area contributed by atoms with E-state index in [-0.39, 0.29) is 29.6 Å². The van der Waals surface area contributed by atoms with Gasteiger partial charge in [-0.1, -0.05) is 23.7 Å². The molecule has 7 nitrogen and oxygen atoms in total. The van der Waals surface area contributed by atoms with Crippen molar-refractivity contribution in [3.63, 3.8) is 0 Å². The molecule has 2 heterocycles. The molecule has 0 unspecified atom stereocenters. The molecule has 1 saturated carbocycles. The molecule has 28 heavy (non-hydrogen) atoms. The van der Waals surface area contributed by atoms with Gasteiger partial charge in [-0.2, -0.15) is 5.10 Å². The number of rotatable bonds is 5. The Morgan fingerprint density at radius 2 is 1.96 bits per heavy atom. The van der Waals surface area contributed by atoms with Crippen molar-refractivity contribution >= 4 is 33.3 Å². The number of aromatic nitrogens is 2. The van der Waals surface area contributed by atoms with Gasteiger partial charge in [0.15, 0.2) is 9.84 Å². The summed E-state index contributed by atoms with van der Waals surface area (Å²) < 4.78 is 25.4. The Labute approximate surface area is 169 Å². The summed E-state index contributed by atoms with van der Waals surface area (Å²) in [4.78, 5) is 12.5. The maximum absolute atomic E-state index is 12.5. The molecular weight excluding hydrogens is 400 g/mol. The minimum Gasteiger partial charge on any atom is -0.331 e. The molecule has 2 aromatic rings. The van der Waals surface area contributed by atoms with Gasteiger partial charge in [-0.3, -0.25) is 5.32 Å². The van der Waals surface area contributed by atoms with Crippen LogP contribution in [0.3, 0.4) is 0 Å². The monoisotopic (exact) mass is 422 g/mol. The van der Waals surface area contributed by atoms with Crippen LogP contribution in [0.2, 0.25) is 5.02 Å². The van der Waals surface area contributed by atoms with E-state index in [1.54, 1.807) is 16.8 Å². The molecule has 2 fully saturated rings. The van der Waals surface area contributed by atoms with Crippen molar-refractivity contribution < 1.29 is 13.2 Å². The fraction of sp³-hybridized carbons (Fsp3) is 0.474. The molecule has 1 aliphatic heterocycles. The average Bonchev–Trinajstić information content (AvgIpc) is 3.31. The van der Waals surface area contributed by atoms with Crippen LogP contribution in [0.15, 0.2) is 30.3 Å². The molecule has 0 spiro atoms. The summed E-state index contributed by atoms with van der Waals surface area (Å²) in [6, 6.07) is 8.37. The SMILES string of the molecule is C[C@@H](NC(=O)Nc1cc(C2CC2)nn1[C@H]1CCS(=O)(=O)C1)c1ccc(Cl)cc1. The second-order valence-electron chi connectivity index (χ2n) is 7.60. The van der Waals surface area contributed by atoms with Gasteiger partial charge >= 0.3 is 6.03 Å². The van der Waals surface area contributed by atoms with Crippen molar-refractivity contribution in [2.24, 2.45) is 0 Å². The van der Waals surface area contributed by atoms with Crippen LogP contribution in [0.25, 0.3) is 0 Å². The van der Waals surface area contributed by atoms with Gasteiger partial charge < -0.3 is 5.32 Å². The van der Waals surface area contributed by atoms with E-state index in [2.05, 4.69) is 15.7 Å². The van der Waals surface area contributed by atoms with E-state index in [1.807, 2.05) is 25.1 Å². The van der Waals surface area contributed by atoms with Crippen molar-refractivity contribution in [3.05, 3.63) is 46.6 Å². The number of sulfone groups is 1. The number of urea groups is 1. The molecular formula is C19H23ClN4O3S. The number of anilines is 1. The number of hydrogen-bond acceptors (Lipinski definition) is 4. The number of carbonyl (C=O) groups is 1. The lowest BCUT2D eigenvalue weighted by Gasteiger charge is -2.17. The Balaban J connectivity index is 1.48. The molecule has 2 N–H and O–H groups in total. The van der Waals surface area contributed by atoms with Crippen LogP contribution >= 0.6 is 11.6 Å². The van der Waals surface area contributed by atoms with Crippen molar-refractivity contribution in [1.82, 2.24) is 15.1 Å². The van der Waals surface area contributed by atoms with E-state index >= 15 is 0 Å². The molecule has 2 atom stereocenters. The predicted molar refractivity (Wildman–Crippen MR) is 109 cm³/mol. The van der Waals surface area contributed by atoms with Crippen molar-refractivity contribution in [3.8, 4) is 0 Å². The van der Waals surface area contributed by atoms with Crippen LogP contribution in [0, 0.1) is 0 Å². The van der Waals surface area contributed by atoms with Crippen LogP contribution in [0.4, 0.5) is 10.6 Å². The molecule has 4 rings (SSSR count). The van der Waals surface area contributed by atoms with Crippen LogP contribution in [0.5, 0.6) is 0 Å². The molecule has 9 heteroatoms. The number of carbonyl (C=O) groups excluding carboxylic acids is 1. The summed E-state index contributed by atoms with van der Waals surface area (Å²) >= 11 is 5.91. The van der Waals surface area contributed by atoms with Gasteiger partial charge in [-0.15, -0.1) is 0 Å². The van der Waals surface area contributed by atoms with E-state index in [0.717, 1.165) is 24.1 Å². The van der Waals surface area contributed by atoms with E-state index in [4.69, 9.17) is 11.6 Å². The average molecular weight is 423 g/mol. The first-order chi connectivity index (χ1) is 13.3. The van der Waals surface area contributed by atoms with Crippen molar-refractivity contribution in [2.45, 2.75) is 44.2 Å². The molecule has 2 amide bonds. The summed E-state index contributed by atoms with van der Waals surface area (Å²) in [5, 5.41) is 11.0. The zero-order valence-electron chi connectivity index (χ0n) is 15.6. The first kappa shape index (κ1) is 19.3. The summed E-state index contributed by atoms with van der Waals surface area (Å²) in [6.07, 6.45) is 2.68. The Hall–Kier alpha value is -2.06. The smallest absolute Gasteiger partial charge is 0.320 e. The van der Waals surface area contributed by atoms with Gasteiger partial charge in [0, 0.05) is 17.0 Å². The second-order valence-corrected chi connectivity index (χ2v) is 10.3. The van der Waals surface area contributed by atoms with Crippen LogP contribution in [-0.4, -0.2) is 35.7 Å². The lowest BCUT2D eigenvalue weighted by atomic mass is 10.1. The van der Waals surface area contributed by atoms with Gasteiger partial charge in [0.25, 0.3) is 0 Å². The van der Waals surface area contributed by atoms with Crippen LogP contribution in [0.1, 0.15) is 55.4 Å². The Morgan fingerprint density at radius 3 is 2.57 bits per heavy atom. The number of benzene rings is 1. The standard InChI is InChI=1S/C19H23ClN4O3S/c1-12(13-4-6-15(20)7-5-13)21-19(25)22-18-10-17(14-2-3-14)23-24(18)16-8-9-28(26,27)11-16/h4-7,10,12,14,16H,2-3,8-9,11H2,1H3,(H2,21,22,25)/t12-,16+/m1/s1. The maximum Gasteiger partial charge on any atom is 0.320 e. The van der Waals surface area contributed by atoms with Crippen molar-refractivity contribution in [2.75, 3.05) is 16.8 Å². The third-order valence-electron chi connectivity index (χ3n) is 5.26. The minimum absolute atomic E-state index is 0.0657. The fourth-order valence-electron chi connectivity index (χ4n) is 3.52. The predicted octanol–water partition coefficient (Wildman–Crippen LogP) is 3.66. The highest BCUT2D eigenvalue weighted by molar-refractivity contribution is 7.91. The topological polar surface area (TPSA) is 93.1 Å². The first-order valence-electron chi connectivity index (χ1n) is 9.43. The van der Waals surface area contributed by atoms with Gasteiger partial charge in [0.2, 0.25) is 0 Å². The van der Waals surface area contributed by atoms with E-state index in [0.29, 0.717) is 23.2 Å². The summed E-state index contributed by atoms with van der Waals surface area (Å²) in [7, 11) is -3.04. The third-order valence-corrected chi connectivity index (χ3v) is 7.27. The van der Waals surface area contributed by atoms with E-state index in [1.165, 1.54) is 0 Å². The van der Waals surface area contributed by atoms with E-state index in [9.17, 15) is 13.2 Å². The highest BCUT2D eigenvalue weighted by Crippen LogP contribution is 2.41. The number of nitrogens with one attached hydrogen (secondary N) is 2. The molecule has 1 aromatic heterocycles. The minimum atomic E-state index is -3.04. The lowest BCUT2D eigenvalue weighted by molar-refractivity contribution is 0.249. The number of nitrogens with zero attached hydrogens (tertiary/aromatic N) is 2. The highest BCUT2D eigenvalue weighted by Gasteiger charge is 2.34. The largest absolute Gasteiger partial charge is 0.331 e. The quantitative estimate of drug-likeness (QED) is 0.768. The number of amides is 2. The molecule has 1 aliphatic carbocycles. The highest BCUT2D eigenvalue weighted by atomic mass is 35.5. The van der Waals surface area contributed by atoms with Gasteiger partial charge in [0.05, 0.1) is 29.3 Å². The molecule has 2 aliphatic rings. The number of halogens is 1.